The fourth-order valence-electron chi connectivity index (χ4n) is 3.10. The molecule has 23 heavy (non-hydrogen) atoms. The van der Waals surface area contributed by atoms with Gasteiger partial charge in [0.1, 0.15) is 0 Å². The van der Waals surface area contributed by atoms with Crippen LogP contribution in [0.2, 0.25) is 0 Å². The first-order valence-electron chi connectivity index (χ1n) is 8.30. The van der Waals surface area contributed by atoms with Gasteiger partial charge in [-0.25, -0.2) is 4.79 Å². The highest BCUT2D eigenvalue weighted by atomic mass is 16.2. The first kappa shape index (κ1) is 15.5. The predicted octanol–water partition coefficient (Wildman–Crippen LogP) is 2.14. The maximum atomic E-state index is 11.5. The van der Waals surface area contributed by atoms with Crippen LogP contribution in [0.15, 0.2) is 24.5 Å². The predicted molar refractivity (Wildman–Crippen MR) is 89.2 cm³/mol. The summed E-state index contributed by atoms with van der Waals surface area (Å²) >= 11 is 0. The molecule has 1 aliphatic carbocycles. The number of hydrogen-bond donors (Lipinski definition) is 2. The van der Waals surface area contributed by atoms with E-state index in [-0.39, 0.29) is 6.03 Å². The number of nitrogens with one attached hydrogen (secondary N) is 2. The van der Waals surface area contributed by atoms with Crippen LogP contribution in [-0.2, 0) is 19.4 Å². The lowest BCUT2D eigenvalue weighted by atomic mass is 9.94. The third-order valence-electron chi connectivity index (χ3n) is 4.16. The zero-order valence-electron chi connectivity index (χ0n) is 13.5. The largest absolute Gasteiger partial charge is 0.338 e. The number of pyridine rings is 1. The van der Waals surface area contributed by atoms with Crippen molar-refractivity contribution >= 4 is 6.03 Å². The van der Waals surface area contributed by atoms with Crippen LogP contribution >= 0.6 is 0 Å². The van der Waals surface area contributed by atoms with Gasteiger partial charge in [0.15, 0.2) is 0 Å². The average molecular weight is 313 g/mol. The van der Waals surface area contributed by atoms with Gasteiger partial charge in [0.2, 0.25) is 0 Å². The number of fused-ring (bicyclic) bond motifs is 1. The smallest absolute Gasteiger partial charge is 0.314 e. The summed E-state index contributed by atoms with van der Waals surface area (Å²) in [6.07, 6.45) is 8.18. The monoisotopic (exact) mass is 313 g/mol. The highest BCUT2D eigenvalue weighted by molar-refractivity contribution is 5.73. The molecule has 2 heterocycles. The van der Waals surface area contributed by atoms with Gasteiger partial charge >= 0.3 is 6.03 Å². The SMILES string of the molecule is CCNC(=O)NCCn1nc(-c2ccncc2)c2c1CCCC2. The van der Waals surface area contributed by atoms with Crippen LogP contribution in [0.5, 0.6) is 0 Å². The van der Waals surface area contributed by atoms with E-state index in [0.717, 1.165) is 24.1 Å². The van der Waals surface area contributed by atoms with Gasteiger partial charge in [-0.1, -0.05) is 0 Å². The Bertz CT molecular complexity index is 665. The summed E-state index contributed by atoms with van der Waals surface area (Å²) in [5, 5.41) is 10.4. The van der Waals surface area contributed by atoms with E-state index in [1.54, 1.807) is 12.4 Å². The highest BCUT2D eigenvalue weighted by Gasteiger charge is 2.21. The first-order valence-corrected chi connectivity index (χ1v) is 8.30. The molecule has 6 nitrogen and oxygen atoms in total. The van der Waals surface area contributed by atoms with E-state index < -0.39 is 0 Å². The lowest BCUT2D eigenvalue weighted by Gasteiger charge is -2.14. The second-order valence-electron chi connectivity index (χ2n) is 5.73. The molecule has 0 fully saturated rings. The lowest BCUT2D eigenvalue weighted by molar-refractivity contribution is 0.241. The number of urea groups is 1. The third kappa shape index (κ3) is 3.52. The van der Waals surface area contributed by atoms with Gasteiger partial charge in [-0.2, -0.15) is 5.10 Å². The molecule has 0 bridgehead atoms. The number of amides is 2. The van der Waals surface area contributed by atoms with Crippen molar-refractivity contribution in [2.45, 2.75) is 39.2 Å². The van der Waals surface area contributed by atoms with E-state index >= 15 is 0 Å². The molecule has 0 radical (unpaired) electrons. The van der Waals surface area contributed by atoms with Crippen molar-refractivity contribution < 1.29 is 4.79 Å². The molecule has 122 valence electrons. The molecule has 6 heteroatoms. The second-order valence-corrected chi connectivity index (χ2v) is 5.73. The van der Waals surface area contributed by atoms with Crippen molar-refractivity contribution in [1.29, 1.82) is 0 Å². The molecule has 0 saturated carbocycles. The molecule has 2 aromatic heterocycles. The number of carbonyl (C=O) groups is 1. The average Bonchev–Trinajstić information content (AvgIpc) is 2.95. The molecule has 2 amide bonds. The lowest BCUT2D eigenvalue weighted by Crippen LogP contribution is -2.37. The molecule has 0 spiro atoms. The summed E-state index contributed by atoms with van der Waals surface area (Å²) in [6, 6.07) is 3.89. The molecule has 0 unspecified atom stereocenters. The normalized spacial score (nSPS) is 13.4. The summed E-state index contributed by atoms with van der Waals surface area (Å²) in [6.45, 7) is 3.82. The van der Waals surface area contributed by atoms with Gasteiger partial charge in [0.05, 0.1) is 12.2 Å². The van der Waals surface area contributed by atoms with Crippen LogP contribution in [-0.4, -0.2) is 33.9 Å². The number of aromatic nitrogens is 3. The number of rotatable bonds is 5. The van der Waals surface area contributed by atoms with Gasteiger partial charge in [-0.05, 0) is 44.7 Å². The van der Waals surface area contributed by atoms with Gasteiger partial charge in [-0.15, -0.1) is 0 Å². The van der Waals surface area contributed by atoms with Crippen molar-refractivity contribution in [3.63, 3.8) is 0 Å². The van der Waals surface area contributed by atoms with E-state index in [9.17, 15) is 4.79 Å². The minimum Gasteiger partial charge on any atom is -0.338 e. The Balaban J connectivity index is 1.78. The summed E-state index contributed by atoms with van der Waals surface area (Å²) < 4.78 is 2.07. The summed E-state index contributed by atoms with van der Waals surface area (Å²) in [4.78, 5) is 15.6. The molecular formula is C17H23N5O. The van der Waals surface area contributed by atoms with Crippen LogP contribution in [0.3, 0.4) is 0 Å². The van der Waals surface area contributed by atoms with Crippen molar-refractivity contribution in [3.8, 4) is 11.3 Å². The fourth-order valence-corrected chi connectivity index (χ4v) is 3.10. The van der Waals surface area contributed by atoms with Crippen molar-refractivity contribution in [1.82, 2.24) is 25.4 Å². The Morgan fingerprint density at radius 2 is 2.00 bits per heavy atom. The van der Waals surface area contributed by atoms with Crippen molar-refractivity contribution in [2.75, 3.05) is 13.1 Å². The minimum absolute atomic E-state index is 0.122. The minimum atomic E-state index is -0.122. The van der Waals surface area contributed by atoms with Crippen molar-refractivity contribution in [2.24, 2.45) is 0 Å². The molecular weight excluding hydrogens is 290 g/mol. The second kappa shape index (κ2) is 7.26. The van der Waals surface area contributed by atoms with Gasteiger partial charge in [0.25, 0.3) is 0 Å². The standard InChI is InChI=1S/C17H23N5O/c1-2-19-17(23)20-11-12-22-15-6-4-3-5-14(15)16(21-22)13-7-9-18-10-8-13/h7-10H,2-6,11-12H2,1H3,(H2,19,20,23). The van der Waals surface area contributed by atoms with Gasteiger partial charge in [0, 0.05) is 42.3 Å². The van der Waals surface area contributed by atoms with Crippen LogP contribution in [0.4, 0.5) is 4.79 Å². The molecule has 0 saturated heterocycles. The number of hydrogen-bond acceptors (Lipinski definition) is 3. The molecule has 0 atom stereocenters. The molecule has 3 rings (SSSR count). The fraction of sp³-hybridized carbons (Fsp3) is 0.471. The van der Waals surface area contributed by atoms with Crippen molar-refractivity contribution in [3.05, 3.63) is 35.8 Å². The molecule has 1 aliphatic rings. The Morgan fingerprint density at radius 3 is 2.78 bits per heavy atom. The van der Waals surface area contributed by atoms with E-state index in [4.69, 9.17) is 5.10 Å². The first-order chi connectivity index (χ1) is 11.3. The summed E-state index contributed by atoms with van der Waals surface area (Å²) in [7, 11) is 0. The maximum Gasteiger partial charge on any atom is 0.314 e. The van der Waals surface area contributed by atoms with Crippen LogP contribution < -0.4 is 10.6 Å². The topological polar surface area (TPSA) is 71.8 Å². The Morgan fingerprint density at radius 1 is 1.22 bits per heavy atom. The zero-order valence-corrected chi connectivity index (χ0v) is 13.5. The number of carbonyl (C=O) groups excluding carboxylic acids is 1. The zero-order chi connectivity index (χ0) is 16.1. The van der Waals surface area contributed by atoms with Gasteiger partial charge < -0.3 is 10.6 Å². The van der Waals surface area contributed by atoms with Crippen LogP contribution in [0, 0.1) is 0 Å². The van der Waals surface area contributed by atoms with Crippen LogP contribution in [0.25, 0.3) is 11.3 Å². The molecule has 0 aromatic carbocycles. The Kier molecular flexibility index (Phi) is 4.90. The van der Waals surface area contributed by atoms with E-state index in [0.29, 0.717) is 19.6 Å². The quantitative estimate of drug-likeness (QED) is 0.888. The van der Waals surface area contributed by atoms with E-state index in [1.165, 1.54) is 24.1 Å². The van der Waals surface area contributed by atoms with E-state index in [1.807, 2.05) is 19.1 Å². The highest BCUT2D eigenvalue weighted by Crippen LogP contribution is 2.30. The molecule has 2 N–H and O–H groups in total. The van der Waals surface area contributed by atoms with Gasteiger partial charge in [-0.3, -0.25) is 9.67 Å². The summed E-state index contributed by atoms with van der Waals surface area (Å²) in [5.74, 6) is 0. The molecule has 0 aliphatic heterocycles. The summed E-state index contributed by atoms with van der Waals surface area (Å²) in [5.41, 5.74) is 4.87. The Hall–Kier alpha value is -2.37. The maximum absolute atomic E-state index is 11.5. The molecule has 2 aromatic rings. The van der Waals surface area contributed by atoms with Crippen LogP contribution in [0.1, 0.15) is 31.0 Å². The van der Waals surface area contributed by atoms with E-state index in [2.05, 4.69) is 20.3 Å². The number of nitrogens with zero attached hydrogens (tertiary/aromatic N) is 3. The third-order valence-corrected chi connectivity index (χ3v) is 4.16. The Labute approximate surface area is 136 Å².